The standard InChI is InChI=1S/C14H18ClNO/c1-2-13-5-3-4-10-16(13)14(17)11-6-8-12(15)9-7-11/h6-9,13H,2-5,10H2,1H3. The Labute approximate surface area is 108 Å². The molecule has 1 aliphatic rings. The summed E-state index contributed by atoms with van der Waals surface area (Å²) >= 11 is 5.83. The number of amides is 1. The first kappa shape index (κ1) is 12.4. The summed E-state index contributed by atoms with van der Waals surface area (Å²) in [5.74, 6) is 0.146. The Kier molecular flexibility index (Phi) is 4.06. The molecule has 0 aromatic heterocycles. The van der Waals surface area contributed by atoms with Crippen LogP contribution < -0.4 is 0 Å². The Morgan fingerprint density at radius 2 is 2.06 bits per heavy atom. The maximum absolute atomic E-state index is 12.4. The summed E-state index contributed by atoms with van der Waals surface area (Å²) in [6.07, 6.45) is 4.54. The molecular formula is C14H18ClNO. The molecule has 1 aromatic rings. The second kappa shape index (κ2) is 5.54. The fourth-order valence-electron chi connectivity index (χ4n) is 2.45. The minimum absolute atomic E-state index is 0.146. The first-order valence-corrected chi connectivity index (χ1v) is 6.66. The SMILES string of the molecule is CCC1CCCCN1C(=O)c1ccc(Cl)cc1. The van der Waals surface area contributed by atoms with Crippen LogP contribution in [0.15, 0.2) is 24.3 Å². The van der Waals surface area contributed by atoms with Crippen molar-refractivity contribution >= 4 is 17.5 Å². The molecule has 2 nitrogen and oxygen atoms in total. The van der Waals surface area contributed by atoms with Gasteiger partial charge in [0.1, 0.15) is 0 Å². The van der Waals surface area contributed by atoms with Crippen LogP contribution in [0.3, 0.4) is 0 Å². The average Bonchev–Trinajstić information content (AvgIpc) is 2.39. The van der Waals surface area contributed by atoms with Crippen molar-refractivity contribution < 1.29 is 4.79 Å². The lowest BCUT2D eigenvalue weighted by molar-refractivity contribution is 0.0608. The highest BCUT2D eigenvalue weighted by Gasteiger charge is 2.25. The maximum atomic E-state index is 12.4. The number of hydrogen-bond donors (Lipinski definition) is 0. The van der Waals surface area contributed by atoms with Gasteiger partial charge in [-0.3, -0.25) is 4.79 Å². The van der Waals surface area contributed by atoms with E-state index in [1.807, 2.05) is 17.0 Å². The maximum Gasteiger partial charge on any atom is 0.254 e. The zero-order chi connectivity index (χ0) is 12.3. The van der Waals surface area contributed by atoms with Gasteiger partial charge in [-0.1, -0.05) is 18.5 Å². The highest BCUT2D eigenvalue weighted by atomic mass is 35.5. The Balaban J connectivity index is 2.15. The number of piperidine rings is 1. The van der Waals surface area contributed by atoms with Crippen molar-refractivity contribution in [3.63, 3.8) is 0 Å². The van der Waals surface area contributed by atoms with Crippen LogP contribution in [-0.2, 0) is 0 Å². The van der Waals surface area contributed by atoms with Crippen LogP contribution in [0.5, 0.6) is 0 Å². The smallest absolute Gasteiger partial charge is 0.254 e. The average molecular weight is 252 g/mol. The minimum atomic E-state index is 0.146. The van der Waals surface area contributed by atoms with E-state index in [2.05, 4.69) is 6.92 Å². The molecule has 0 spiro atoms. The Morgan fingerprint density at radius 3 is 2.71 bits per heavy atom. The summed E-state index contributed by atoms with van der Waals surface area (Å²) in [5, 5.41) is 0.673. The summed E-state index contributed by atoms with van der Waals surface area (Å²) in [6, 6.07) is 7.59. The van der Waals surface area contributed by atoms with Gasteiger partial charge in [0.2, 0.25) is 0 Å². The lowest BCUT2D eigenvalue weighted by Gasteiger charge is -2.35. The van der Waals surface area contributed by atoms with E-state index >= 15 is 0 Å². The Morgan fingerprint density at radius 1 is 1.35 bits per heavy atom. The zero-order valence-corrected chi connectivity index (χ0v) is 10.9. The van der Waals surface area contributed by atoms with Gasteiger partial charge in [0.15, 0.2) is 0 Å². The number of likely N-dealkylation sites (tertiary alicyclic amines) is 1. The van der Waals surface area contributed by atoms with Crippen molar-refractivity contribution in [1.29, 1.82) is 0 Å². The summed E-state index contributed by atoms with van der Waals surface area (Å²) in [7, 11) is 0. The van der Waals surface area contributed by atoms with E-state index in [1.54, 1.807) is 12.1 Å². The summed E-state index contributed by atoms with van der Waals surface area (Å²) in [6.45, 7) is 3.04. The molecule has 2 rings (SSSR count). The third kappa shape index (κ3) is 2.81. The predicted octanol–water partition coefficient (Wildman–Crippen LogP) is 3.74. The van der Waals surface area contributed by atoms with Gasteiger partial charge in [0, 0.05) is 23.2 Å². The summed E-state index contributed by atoms with van der Waals surface area (Å²) in [5.41, 5.74) is 0.745. The van der Waals surface area contributed by atoms with Gasteiger partial charge in [0.25, 0.3) is 5.91 Å². The van der Waals surface area contributed by atoms with Crippen LogP contribution >= 0.6 is 11.6 Å². The van der Waals surface area contributed by atoms with Crippen molar-refractivity contribution in [2.24, 2.45) is 0 Å². The molecule has 17 heavy (non-hydrogen) atoms. The van der Waals surface area contributed by atoms with E-state index in [0.717, 1.165) is 31.4 Å². The highest BCUT2D eigenvalue weighted by molar-refractivity contribution is 6.30. The molecule has 0 radical (unpaired) electrons. The van der Waals surface area contributed by atoms with Crippen LogP contribution in [-0.4, -0.2) is 23.4 Å². The van der Waals surface area contributed by atoms with Gasteiger partial charge in [0.05, 0.1) is 0 Å². The molecule has 1 atom stereocenters. The zero-order valence-electron chi connectivity index (χ0n) is 10.2. The molecule has 1 unspecified atom stereocenters. The normalized spacial score (nSPS) is 20.4. The molecule has 0 N–H and O–H groups in total. The molecule has 1 fully saturated rings. The van der Waals surface area contributed by atoms with Crippen molar-refractivity contribution in [3.05, 3.63) is 34.9 Å². The first-order valence-electron chi connectivity index (χ1n) is 6.29. The summed E-state index contributed by atoms with van der Waals surface area (Å²) in [4.78, 5) is 14.4. The number of rotatable bonds is 2. The van der Waals surface area contributed by atoms with Gasteiger partial charge in [-0.15, -0.1) is 0 Å². The largest absolute Gasteiger partial charge is 0.336 e. The van der Waals surface area contributed by atoms with Crippen LogP contribution in [0.4, 0.5) is 0 Å². The van der Waals surface area contributed by atoms with Gasteiger partial charge in [-0.25, -0.2) is 0 Å². The van der Waals surface area contributed by atoms with Crippen molar-refractivity contribution in [3.8, 4) is 0 Å². The predicted molar refractivity (Wildman–Crippen MR) is 70.4 cm³/mol. The second-order valence-electron chi connectivity index (χ2n) is 4.56. The van der Waals surface area contributed by atoms with Crippen molar-refractivity contribution in [1.82, 2.24) is 4.90 Å². The molecule has 0 saturated carbocycles. The minimum Gasteiger partial charge on any atom is -0.336 e. The van der Waals surface area contributed by atoms with E-state index < -0.39 is 0 Å². The Bertz CT molecular complexity index is 388. The molecule has 1 aliphatic heterocycles. The fraction of sp³-hybridized carbons (Fsp3) is 0.500. The van der Waals surface area contributed by atoms with Gasteiger partial charge < -0.3 is 4.90 Å². The van der Waals surface area contributed by atoms with Crippen LogP contribution in [0.1, 0.15) is 43.0 Å². The van der Waals surface area contributed by atoms with Gasteiger partial charge >= 0.3 is 0 Å². The lowest BCUT2D eigenvalue weighted by Crippen LogP contribution is -2.43. The van der Waals surface area contributed by atoms with E-state index in [-0.39, 0.29) is 5.91 Å². The molecule has 1 heterocycles. The first-order chi connectivity index (χ1) is 8.22. The van der Waals surface area contributed by atoms with Crippen molar-refractivity contribution in [2.75, 3.05) is 6.54 Å². The lowest BCUT2D eigenvalue weighted by atomic mass is 9.99. The quantitative estimate of drug-likeness (QED) is 0.784. The third-order valence-electron chi connectivity index (χ3n) is 3.45. The number of benzene rings is 1. The Hall–Kier alpha value is -1.02. The van der Waals surface area contributed by atoms with Gasteiger partial charge in [-0.05, 0) is 49.9 Å². The second-order valence-corrected chi connectivity index (χ2v) is 5.00. The molecular weight excluding hydrogens is 234 g/mol. The fourth-order valence-corrected chi connectivity index (χ4v) is 2.58. The molecule has 1 saturated heterocycles. The monoisotopic (exact) mass is 251 g/mol. The highest BCUT2D eigenvalue weighted by Crippen LogP contribution is 2.22. The van der Waals surface area contributed by atoms with E-state index in [1.165, 1.54) is 6.42 Å². The number of carbonyl (C=O) groups excluding carboxylic acids is 1. The van der Waals surface area contributed by atoms with Gasteiger partial charge in [-0.2, -0.15) is 0 Å². The van der Waals surface area contributed by atoms with Crippen LogP contribution in [0.2, 0.25) is 5.02 Å². The molecule has 1 amide bonds. The van der Waals surface area contributed by atoms with Crippen LogP contribution in [0, 0.1) is 0 Å². The van der Waals surface area contributed by atoms with E-state index in [4.69, 9.17) is 11.6 Å². The molecule has 0 aliphatic carbocycles. The summed E-state index contributed by atoms with van der Waals surface area (Å²) < 4.78 is 0. The molecule has 0 bridgehead atoms. The molecule has 3 heteroatoms. The van der Waals surface area contributed by atoms with E-state index in [9.17, 15) is 4.79 Å². The topological polar surface area (TPSA) is 20.3 Å². The van der Waals surface area contributed by atoms with Crippen molar-refractivity contribution in [2.45, 2.75) is 38.6 Å². The molecule has 1 aromatic carbocycles. The number of halogens is 1. The number of nitrogens with zero attached hydrogens (tertiary/aromatic N) is 1. The third-order valence-corrected chi connectivity index (χ3v) is 3.70. The number of hydrogen-bond acceptors (Lipinski definition) is 1. The number of carbonyl (C=O) groups is 1. The molecule has 92 valence electrons. The van der Waals surface area contributed by atoms with Crippen LogP contribution in [0.25, 0.3) is 0 Å². The van der Waals surface area contributed by atoms with E-state index in [0.29, 0.717) is 11.1 Å².